The van der Waals surface area contributed by atoms with Gasteiger partial charge in [-0.25, -0.2) is 0 Å². The van der Waals surface area contributed by atoms with Crippen molar-refractivity contribution in [2.24, 2.45) is 5.92 Å². The number of aliphatic carboxylic acids is 1. The van der Waals surface area contributed by atoms with Crippen LogP contribution in [0.5, 0.6) is 5.75 Å². The predicted octanol–water partition coefficient (Wildman–Crippen LogP) is 3.29. The third-order valence-corrected chi connectivity index (χ3v) is 4.35. The minimum atomic E-state index is -0.947. The number of benzene rings is 2. The fourth-order valence-corrected chi connectivity index (χ4v) is 2.55. The van der Waals surface area contributed by atoms with E-state index in [1.165, 1.54) is 0 Å². The Bertz CT molecular complexity index is 732. The number of hydrogen-bond acceptors (Lipinski definition) is 4. The number of carbonyl (C=O) groups excluding carboxylic acids is 1. The molecule has 0 saturated carbocycles. The van der Waals surface area contributed by atoms with E-state index in [2.05, 4.69) is 10.6 Å². The normalized spacial score (nSPS) is 12.8. The van der Waals surface area contributed by atoms with Crippen LogP contribution in [0.3, 0.4) is 0 Å². The van der Waals surface area contributed by atoms with Gasteiger partial charge in [0.25, 0.3) is 0 Å². The molecule has 2 aromatic carbocycles. The molecule has 2 atom stereocenters. The lowest BCUT2D eigenvalue weighted by atomic mass is 9.99. The molecular weight excluding hydrogens is 344 g/mol. The van der Waals surface area contributed by atoms with Gasteiger partial charge >= 0.3 is 5.97 Å². The molecule has 0 aliphatic rings. The maximum Gasteiger partial charge on any atom is 0.320 e. The van der Waals surface area contributed by atoms with Crippen molar-refractivity contribution >= 4 is 17.6 Å². The summed E-state index contributed by atoms with van der Waals surface area (Å²) >= 11 is 0. The topological polar surface area (TPSA) is 87.7 Å². The summed E-state index contributed by atoms with van der Waals surface area (Å²) < 4.78 is 5.71. The monoisotopic (exact) mass is 370 g/mol. The summed E-state index contributed by atoms with van der Waals surface area (Å²) in [4.78, 5) is 23.3. The van der Waals surface area contributed by atoms with Crippen molar-refractivity contribution in [3.8, 4) is 5.75 Å². The number of anilines is 1. The van der Waals surface area contributed by atoms with E-state index < -0.39 is 12.0 Å². The van der Waals surface area contributed by atoms with Crippen LogP contribution in [-0.2, 0) is 16.2 Å². The summed E-state index contributed by atoms with van der Waals surface area (Å²) in [6, 6.07) is 16.2. The highest BCUT2D eigenvalue weighted by atomic mass is 16.5. The van der Waals surface area contributed by atoms with Crippen molar-refractivity contribution in [2.75, 3.05) is 11.9 Å². The number of amides is 1. The van der Waals surface area contributed by atoms with Crippen molar-refractivity contribution in [1.29, 1.82) is 0 Å². The Morgan fingerprint density at radius 2 is 1.74 bits per heavy atom. The van der Waals surface area contributed by atoms with Gasteiger partial charge in [-0.15, -0.1) is 0 Å². The summed E-state index contributed by atoms with van der Waals surface area (Å²) in [6.45, 7) is 4.18. The third-order valence-electron chi connectivity index (χ3n) is 4.35. The number of hydrogen-bond donors (Lipinski definition) is 3. The van der Waals surface area contributed by atoms with E-state index in [9.17, 15) is 14.7 Å². The Balaban J connectivity index is 1.81. The second kappa shape index (κ2) is 10.3. The summed E-state index contributed by atoms with van der Waals surface area (Å²) in [5, 5.41) is 14.8. The average molecular weight is 370 g/mol. The SMILES string of the molecule is CC[C@H](C)[C@H](NCC(=O)Nc1ccc(OCc2ccccc2)cc1)C(=O)O. The lowest BCUT2D eigenvalue weighted by Gasteiger charge is -2.19. The van der Waals surface area contributed by atoms with Crippen LogP contribution in [0.25, 0.3) is 0 Å². The first-order valence-electron chi connectivity index (χ1n) is 9.02. The number of nitrogens with one attached hydrogen (secondary N) is 2. The Morgan fingerprint density at radius 3 is 2.33 bits per heavy atom. The second-order valence-electron chi connectivity index (χ2n) is 6.43. The predicted molar refractivity (Wildman–Crippen MR) is 105 cm³/mol. The summed E-state index contributed by atoms with van der Waals surface area (Å²) in [6.07, 6.45) is 0.718. The molecule has 3 N–H and O–H groups in total. The first-order chi connectivity index (χ1) is 13.0. The van der Waals surface area contributed by atoms with Crippen molar-refractivity contribution in [3.63, 3.8) is 0 Å². The molecule has 1 amide bonds. The minimum absolute atomic E-state index is 0.0589. The molecule has 6 nitrogen and oxygen atoms in total. The van der Waals surface area contributed by atoms with Gasteiger partial charge in [0.1, 0.15) is 18.4 Å². The van der Waals surface area contributed by atoms with Crippen LogP contribution in [0.2, 0.25) is 0 Å². The Morgan fingerprint density at radius 1 is 1.07 bits per heavy atom. The number of rotatable bonds is 10. The number of carbonyl (C=O) groups is 2. The highest BCUT2D eigenvalue weighted by Crippen LogP contribution is 2.17. The lowest BCUT2D eigenvalue weighted by Crippen LogP contribution is -2.45. The number of ether oxygens (including phenoxy) is 1. The molecule has 144 valence electrons. The van der Waals surface area contributed by atoms with Crippen molar-refractivity contribution in [1.82, 2.24) is 5.32 Å². The van der Waals surface area contributed by atoms with Crippen LogP contribution in [0, 0.1) is 5.92 Å². The quantitative estimate of drug-likeness (QED) is 0.597. The van der Waals surface area contributed by atoms with Gasteiger partial charge in [-0.05, 0) is 35.7 Å². The van der Waals surface area contributed by atoms with Crippen LogP contribution in [0.1, 0.15) is 25.8 Å². The molecule has 0 aliphatic carbocycles. The molecule has 27 heavy (non-hydrogen) atoms. The summed E-state index contributed by atoms with van der Waals surface area (Å²) in [7, 11) is 0. The molecule has 0 unspecified atom stereocenters. The van der Waals surface area contributed by atoms with E-state index in [0.717, 1.165) is 12.0 Å². The van der Waals surface area contributed by atoms with Crippen molar-refractivity contribution in [2.45, 2.75) is 32.9 Å². The highest BCUT2D eigenvalue weighted by Gasteiger charge is 2.23. The number of carboxylic acids is 1. The van der Waals surface area contributed by atoms with Crippen LogP contribution in [0.4, 0.5) is 5.69 Å². The zero-order valence-electron chi connectivity index (χ0n) is 15.6. The molecule has 0 heterocycles. The van der Waals surface area contributed by atoms with Gasteiger partial charge in [-0.2, -0.15) is 0 Å². The van der Waals surface area contributed by atoms with Crippen LogP contribution < -0.4 is 15.4 Å². The van der Waals surface area contributed by atoms with E-state index in [1.54, 1.807) is 24.3 Å². The smallest absolute Gasteiger partial charge is 0.320 e. The van der Waals surface area contributed by atoms with Gasteiger partial charge < -0.3 is 15.2 Å². The first-order valence-corrected chi connectivity index (χ1v) is 9.02. The Hall–Kier alpha value is -2.86. The van der Waals surface area contributed by atoms with Gasteiger partial charge in [-0.3, -0.25) is 14.9 Å². The van der Waals surface area contributed by atoms with Crippen molar-refractivity contribution in [3.05, 3.63) is 60.2 Å². The fraction of sp³-hybridized carbons (Fsp3) is 0.333. The van der Waals surface area contributed by atoms with Crippen molar-refractivity contribution < 1.29 is 19.4 Å². The van der Waals surface area contributed by atoms with Crippen LogP contribution >= 0.6 is 0 Å². The first kappa shape index (κ1) is 20.5. The zero-order chi connectivity index (χ0) is 19.6. The van der Waals surface area contributed by atoms with Crippen LogP contribution in [0.15, 0.2) is 54.6 Å². The maximum atomic E-state index is 12.0. The molecule has 0 bridgehead atoms. The largest absolute Gasteiger partial charge is 0.489 e. The highest BCUT2D eigenvalue weighted by molar-refractivity contribution is 5.92. The van der Waals surface area contributed by atoms with E-state index in [0.29, 0.717) is 18.0 Å². The standard InChI is InChI=1S/C21H26N2O4/c1-3-15(2)20(21(25)26)22-13-19(24)23-17-9-11-18(12-10-17)27-14-16-7-5-4-6-8-16/h4-12,15,20,22H,3,13-14H2,1-2H3,(H,23,24)(H,25,26)/t15-,20-/m0/s1. The van der Waals surface area contributed by atoms with Gasteiger partial charge in [0.05, 0.1) is 6.54 Å². The molecule has 0 fully saturated rings. The molecular formula is C21H26N2O4. The van der Waals surface area contributed by atoms with E-state index >= 15 is 0 Å². The molecule has 0 radical (unpaired) electrons. The fourth-order valence-electron chi connectivity index (χ4n) is 2.55. The molecule has 6 heteroatoms. The molecule has 2 aromatic rings. The average Bonchev–Trinajstić information content (AvgIpc) is 2.68. The Labute approximate surface area is 159 Å². The number of carboxylic acid groups (broad SMARTS) is 1. The van der Waals surface area contributed by atoms with Gasteiger partial charge in [-0.1, -0.05) is 50.6 Å². The van der Waals surface area contributed by atoms with E-state index in [-0.39, 0.29) is 18.4 Å². The van der Waals surface area contributed by atoms with Crippen LogP contribution in [-0.4, -0.2) is 29.6 Å². The van der Waals surface area contributed by atoms with E-state index in [1.807, 2.05) is 44.2 Å². The summed E-state index contributed by atoms with van der Waals surface area (Å²) in [5.41, 5.74) is 1.71. The van der Waals surface area contributed by atoms with E-state index in [4.69, 9.17) is 4.74 Å². The third kappa shape index (κ3) is 6.75. The Kier molecular flexibility index (Phi) is 7.82. The molecule has 0 saturated heterocycles. The molecule has 0 aliphatic heterocycles. The van der Waals surface area contributed by atoms with Gasteiger partial charge in [0.2, 0.25) is 5.91 Å². The zero-order valence-corrected chi connectivity index (χ0v) is 15.6. The van der Waals surface area contributed by atoms with Gasteiger partial charge in [0, 0.05) is 5.69 Å². The molecule has 0 aromatic heterocycles. The van der Waals surface area contributed by atoms with Gasteiger partial charge in [0.15, 0.2) is 0 Å². The molecule has 2 rings (SSSR count). The minimum Gasteiger partial charge on any atom is -0.489 e. The summed E-state index contributed by atoms with van der Waals surface area (Å²) in [5.74, 6) is -0.589. The maximum absolute atomic E-state index is 12.0. The lowest BCUT2D eigenvalue weighted by molar-refractivity contribution is -0.140. The molecule has 0 spiro atoms. The second-order valence-corrected chi connectivity index (χ2v) is 6.43.